The smallest absolute Gasteiger partial charge is 0.276 e. The van der Waals surface area contributed by atoms with Gasteiger partial charge < -0.3 is 15.4 Å². The first-order valence-corrected chi connectivity index (χ1v) is 8.67. The van der Waals surface area contributed by atoms with Gasteiger partial charge in [0.25, 0.3) is 11.8 Å². The molecule has 9 heteroatoms. The molecule has 0 aliphatic heterocycles. The third-order valence-corrected chi connectivity index (χ3v) is 4.36. The molecule has 0 saturated heterocycles. The average molecular weight is 382 g/mol. The molecule has 3 rings (SSSR count). The van der Waals surface area contributed by atoms with E-state index in [1.54, 1.807) is 31.0 Å². The molecule has 2 amide bonds. The molecular weight excluding hydrogens is 360 g/mol. The first-order chi connectivity index (χ1) is 13.4. The molecule has 0 radical (unpaired) electrons. The fraction of sp³-hybridized carbons (Fsp3) is 0.263. The number of hydrogen-bond donors (Lipinski definition) is 2. The molecule has 1 aromatic carbocycles. The quantitative estimate of drug-likeness (QED) is 0.679. The Morgan fingerprint density at radius 2 is 1.68 bits per heavy atom. The number of anilines is 2. The van der Waals surface area contributed by atoms with Gasteiger partial charge in [0.1, 0.15) is 11.4 Å². The van der Waals surface area contributed by atoms with Crippen molar-refractivity contribution in [1.82, 2.24) is 19.6 Å². The number of amides is 2. The van der Waals surface area contributed by atoms with Crippen LogP contribution in [0.25, 0.3) is 0 Å². The highest BCUT2D eigenvalue weighted by Crippen LogP contribution is 2.19. The van der Waals surface area contributed by atoms with Gasteiger partial charge in [-0.25, -0.2) is 0 Å². The Kier molecular flexibility index (Phi) is 5.44. The van der Waals surface area contributed by atoms with E-state index in [1.165, 1.54) is 10.9 Å². The standard InChI is InChI=1S/C19H22N6O3/c1-12-7-5-6-8-16(12)28-11-17(26)22-15-10-21-25(4)18(15)19(27)23-14-9-20-24(3)13(14)2/h5-10H,11H2,1-4H3,(H,22,26)(H,23,27). The van der Waals surface area contributed by atoms with Crippen molar-refractivity contribution in [2.45, 2.75) is 13.8 Å². The van der Waals surface area contributed by atoms with Gasteiger partial charge in [0.05, 0.1) is 29.5 Å². The number of carbonyl (C=O) groups is 2. The molecule has 0 fully saturated rings. The summed E-state index contributed by atoms with van der Waals surface area (Å²) in [5, 5.41) is 13.6. The van der Waals surface area contributed by atoms with Crippen LogP contribution >= 0.6 is 0 Å². The lowest BCUT2D eigenvalue weighted by Gasteiger charge is -2.10. The second-order valence-electron chi connectivity index (χ2n) is 6.35. The zero-order valence-corrected chi connectivity index (χ0v) is 16.2. The van der Waals surface area contributed by atoms with Gasteiger partial charge in [0, 0.05) is 14.1 Å². The summed E-state index contributed by atoms with van der Waals surface area (Å²) >= 11 is 0. The second kappa shape index (κ2) is 7.95. The van der Waals surface area contributed by atoms with Crippen LogP contribution in [0.5, 0.6) is 5.75 Å². The van der Waals surface area contributed by atoms with E-state index in [0.717, 1.165) is 11.3 Å². The van der Waals surface area contributed by atoms with E-state index in [4.69, 9.17) is 4.74 Å². The lowest BCUT2D eigenvalue weighted by Crippen LogP contribution is -2.23. The van der Waals surface area contributed by atoms with Gasteiger partial charge in [-0.05, 0) is 25.5 Å². The van der Waals surface area contributed by atoms with Crippen molar-refractivity contribution in [3.05, 3.63) is 53.6 Å². The summed E-state index contributed by atoms with van der Waals surface area (Å²) in [4.78, 5) is 25.0. The predicted molar refractivity (Wildman–Crippen MR) is 104 cm³/mol. The first kappa shape index (κ1) is 19.2. The maximum Gasteiger partial charge on any atom is 0.276 e. The highest BCUT2D eigenvalue weighted by atomic mass is 16.5. The summed E-state index contributed by atoms with van der Waals surface area (Å²) in [7, 11) is 3.42. The van der Waals surface area contributed by atoms with Crippen molar-refractivity contribution in [1.29, 1.82) is 0 Å². The Balaban J connectivity index is 1.68. The Bertz CT molecular complexity index is 1020. The van der Waals surface area contributed by atoms with Gasteiger partial charge in [-0.3, -0.25) is 19.0 Å². The molecular formula is C19H22N6O3. The maximum absolute atomic E-state index is 12.7. The summed E-state index contributed by atoms with van der Waals surface area (Å²) in [5.74, 6) is -0.150. The number of hydrogen-bond acceptors (Lipinski definition) is 5. The van der Waals surface area contributed by atoms with E-state index in [1.807, 2.05) is 32.0 Å². The van der Waals surface area contributed by atoms with E-state index >= 15 is 0 Å². The fourth-order valence-electron chi connectivity index (χ4n) is 2.65. The van der Waals surface area contributed by atoms with Crippen LogP contribution in [0, 0.1) is 13.8 Å². The topological polar surface area (TPSA) is 103 Å². The number of nitrogens with one attached hydrogen (secondary N) is 2. The third kappa shape index (κ3) is 4.03. The number of carbonyl (C=O) groups excluding carboxylic acids is 2. The Morgan fingerprint density at radius 3 is 2.36 bits per heavy atom. The van der Waals surface area contributed by atoms with Gasteiger partial charge in [-0.1, -0.05) is 18.2 Å². The molecule has 0 aliphatic carbocycles. The van der Waals surface area contributed by atoms with E-state index in [0.29, 0.717) is 17.1 Å². The number of para-hydroxylation sites is 1. The fourth-order valence-corrected chi connectivity index (χ4v) is 2.65. The number of benzene rings is 1. The molecule has 2 N–H and O–H groups in total. The van der Waals surface area contributed by atoms with Crippen molar-refractivity contribution in [2.75, 3.05) is 17.2 Å². The van der Waals surface area contributed by atoms with Gasteiger partial charge in [-0.2, -0.15) is 10.2 Å². The zero-order valence-electron chi connectivity index (χ0n) is 16.2. The van der Waals surface area contributed by atoms with Crippen LogP contribution in [0.2, 0.25) is 0 Å². The molecule has 2 aromatic heterocycles. The Hall–Kier alpha value is -3.62. The number of aryl methyl sites for hydroxylation is 3. The lowest BCUT2D eigenvalue weighted by molar-refractivity contribution is -0.118. The predicted octanol–water partition coefficient (Wildman–Crippen LogP) is 2.04. The van der Waals surface area contributed by atoms with Crippen molar-refractivity contribution in [2.24, 2.45) is 14.1 Å². The van der Waals surface area contributed by atoms with Crippen LogP contribution in [0.15, 0.2) is 36.7 Å². The molecule has 0 atom stereocenters. The third-order valence-electron chi connectivity index (χ3n) is 4.36. The van der Waals surface area contributed by atoms with Crippen molar-refractivity contribution in [3.8, 4) is 5.75 Å². The molecule has 3 aromatic rings. The summed E-state index contributed by atoms with van der Waals surface area (Å²) in [6.45, 7) is 3.57. The number of ether oxygens (including phenoxy) is 1. The summed E-state index contributed by atoms with van der Waals surface area (Å²) in [5.41, 5.74) is 2.87. The average Bonchev–Trinajstić information content (AvgIpc) is 3.17. The SMILES string of the molecule is Cc1ccccc1OCC(=O)Nc1cnn(C)c1C(=O)Nc1cnn(C)c1C. The van der Waals surface area contributed by atoms with E-state index in [2.05, 4.69) is 20.8 Å². The van der Waals surface area contributed by atoms with E-state index < -0.39 is 5.91 Å². The minimum Gasteiger partial charge on any atom is -0.483 e. The minimum absolute atomic E-state index is 0.178. The normalized spacial score (nSPS) is 10.6. The molecule has 146 valence electrons. The van der Waals surface area contributed by atoms with Gasteiger partial charge >= 0.3 is 0 Å². The zero-order chi connectivity index (χ0) is 20.3. The molecule has 0 saturated carbocycles. The van der Waals surface area contributed by atoms with Gasteiger partial charge in [-0.15, -0.1) is 0 Å². The van der Waals surface area contributed by atoms with Gasteiger partial charge in [0.15, 0.2) is 6.61 Å². The molecule has 0 aliphatic rings. The van der Waals surface area contributed by atoms with E-state index in [9.17, 15) is 9.59 Å². The van der Waals surface area contributed by atoms with Crippen LogP contribution in [0.4, 0.5) is 11.4 Å². The molecule has 9 nitrogen and oxygen atoms in total. The summed E-state index contributed by atoms with van der Waals surface area (Å²) in [6, 6.07) is 7.43. The monoisotopic (exact) mass is 382 g/mol. The van der Waals surface area contributed by atoms with Crippen LogP contribution < -0.4 is 15.4 Å². The van der Waals surface area contributed by atoms with Crippen LogP contribution in [-0.4, -0.2) is 38.0 Å². The minimum atomic E-state index is -0.397. The molecule has 2 heterocycles. The molecule has 0 unspecified atom stereocenters. The van der Waals surface area contributed by atoms with Gasteiger partial charge in [0.2, 0.25) is 0 Å². The largest absolute Gasteiger partial charge is 0.483 e. The van der Waals surface area contributed by atoms with E-state index in [-0.39, 0.29) is 18.2 Å². The number of nitrogens with zero attached hydrogens (tertiary/aromatic N) is 4. The molecule has 28 heavy (non-hydrogen) atoms. The Morgan fingerprint density at radius 1 is 1.00 bits per heavy atom. The molecule has 0 bridgehead atoms. The first-order valence-electron chi connectivity index (χ1n) is 8.67. The number of rotatable bonds is 6. The van der Waals surface area contributed by atoms with Crippen molar-refractivity contribution < 1.29 is 14.3 Å². The highest BCUT2D eigenvalue weighted by molar-refractivity contribution is 6.09. The van der Waals surface area contributed by atoms with Crippen molar-refractivity contribution >= 4 is 23.2 Å². The maximum atomic E-state index is 12.7. The summed E-state index contributed by atoms with van der Waals surface area (Å²) in [6.07, 6.45) is 2.99. The summed E-state index contributed by atoms with van der Waals surface area (Å²) < 4.78 is 8.60. The van der Waals surface area contributed by atoms with Crippen LogP contribution in [0.1, 0.15) is 21.7 Å². The second-order valence-corrected chi connectivity index (χ2v) is 6.35. The highest BCUT2D eigenvalue weighted by Gasteiger charge is 2.20. The van der Waals surface area contributed by atoms with Crippen molar-refractivity contribution in [3.63, 3.8) is 0 Å². The van der Waals surface area contributed by atoms with Crippen LogP contribution in [0.3, 0.4) is 0 Å². The molecule has 0 spiro atoms. The Labute approximate surface area is 162 Å². The lowest BCUT2D eigenvalue weighted by atomic mass is 10.2. The van der Waals surface area contributed by atoms with Crippen LogP contribution in [-0.2, 0) is 18.9 Å². The number of aromatic nitrogens is 4.